The van der Waals surface area contributed by atoms with Gasteiger partial charge in [-0.1, -0.05) is 42.5 Å². The number of carbonyl (C=O) groups is 1. The summed E-state index contributed by atoms with van der Waals surface area (Å²) in [5.74, 6) is -0.149. The zero-order chi connectivity index (χ0) is 25.0. The third kappa shape index (κ3) is 5.41. The Morgan fingerprint density at radius 2 is 2.06 bits per heavy atom. The van der Waals surface area contributed by atoms with Gasteiger partial charge in [0.25, 0.3) is 0 Å². The molecule has 9 nitrogen and oxygen atoms in total. The summed E-state index contributed by atoms with van der Waals surface area (Å²) in [4.78, 5) is 14.4. The number of tetrazole rings is 1. The highest BCUT2D eigenvalue weighted by Crippen LogP contribution is 2.39. The normalized spacial score (nSPS) is 20.6. The molecule has 0 aliphatic carbocycles. The number of aromatic hydroxyl groups is 1. The van der Waals surface area contributed by atoms with E-state index in [0.717, 1.165) is 41.9 Å². The monoisotopic (exact) mass is 476 g/mol. The second kappa shape index (κ2) is 10.4. The van der Waals surface area contributed by atoms with E-state index in [4.69, 9.17) is 5.11 Å². The third-order valence-corrected chi connectivity index (χ3v) is 6.59. The van der Waals surface area contributed by atoms with Crippen LogP contribution in [-0.4, -0.2) is 67.0 Å². The minimum atomic E-state index is -0.903. The summed E-state index contributed by atoms with van der Waals surface area (Å²) in [6.07, 6.45) is 2.52. The Kier molecular flexibility index (Phi) is 7.28. The first-order valence-corrected chi connectivity index (χ1v) is 11.8. The fourth-order valence-corrected chi connectivity index (χ4v) is 4.76. The van der Waals surface area contributed by atoms with Crippen LogP contribution in [0.4, 0.5) is 0 Å². The standard InChI is InChI=1S/C26H32N6O3/c1-4-13-31-16-18(2)27-17-26(31,3)24-21(6-5-7-22(24)33)15-19-8-10-20(11-9-19)25-28-30-32(29-25)14-12-23(34)35/h4-11,18,27,33H,1,12-17H2,2-3H3,(H,34,35). The summed E-state index contributed by atoms with van der Waals surface area (Å²) in [6.45, 7) is 10.8. The molecular formula is C26H32N6O3. The van der Waals surface area contributed by atoms with Crippen molar-refractivity contribution in [2.24, 2.45) is 0 Å². The number of carboxylic acid groups (broad SMARTS) is 1. The predicted octanol–water partition coefficient (Wildman–Crippen LogP) is 2.81. The van der Waals surface area contributed by atoms with Crippen molar-refractivity contribution in [3.8, 4) is 17.1 Å². The summed E-state index contributed by atoms with van der Waals surface area (Å²) in [7, 11) is 0. The second-order valence-electron chi connectivity index (χ2n) is 9.29. The Morgan fingerprint density at radius 1 is 1.29 bits per heavy atom. The molecule has 4 rings (SSSR count). The summed E-state index contributed by atoms with van der Waals surface area (Å²) in [5, 5.41) is 35.6. The number of nitrogens with one attached hydrogen (secondary N) is 1. The maximum atomic E-state index is 11.0. The molecule has 1 fully saturated rings. The summed E-state index contributed by atoms with van der Waals surface area (Å²) < 4.78 is 0. The van der Waals surface area contributed by atoms with Gasteiger partial charge in [0.15, 0.2) is 0 Å². The molecule has 3 N–H and O–H groups in total. The van der Waals surface area contributed by atoms with Gasteiger partial charge in [-0.2, -0.15) is 4.80 Å². The smallest absolute Gasteiger partial charge is 0.305 e. The molecule has 0 spiro atoms. The minimum absolute atomic E-state index is 0.0570. The lowest BCUT2D eigenvalue weighted by Gasteiger charge is -2.48. The lowest BCUT2D eigenvalue weighted by Crippen LogP contribution is -2.60. The molecule has 2 heterocycles. The Balaban J connectivity index is 1.57. The molecule has 35 heavy (non-hydrogen) atoms. The van der Waals surface area contributed by atoms with Crippen molar-refractivity contribution in [1.82, 2.24) is 30.4 Å². The van der Waals surface area contributed by atoms with E-state index < -0.39 is 5.97 Å². The Morgan fingerprint density at radius 3 is 2.77 bits per heavy atom. The van der Waals surface area contributed by atoms with E-state index in [2.05, 4.69) is 52.1 Å². The average Bonchev–Trinajstić information content (AvgIpc) is 3.30. The second-order valence-corrected chi connectivity index (χ2v) is 9.29. The van der Waals surface area contributed by atoms with Crippen molar-refractivity contribution in [3.05, 3.63) is 71.8 Å². The predicted molar refractivity (Wildman–Crippen MR) is 133 cm³/mol. The minimum Gasteiger partial charge on any atom is -0.508 e. The van der Waals surface area contributed by atoms with Gasteiger partial charge < -0.3 is 15.5 Å². The number of carboxylic acids is 1. The van der Waals surface area contributed by atoms with Gasteiger partial charge in [-0.15, -0.1) is 16.8 Å². The van der Waals surface area contributed by atoms with E-state index in [-0.39, 0.29) is 18.5 Å². The lowest BCUT2D eigenvalue weighted by molar-refractivity contribution is -0.137. The third-order valence-electron chi connectivity index (χ3n) is 6.59. The molecule has 2 unspecified atom stereocenters. The molecule has 0 saturated carbocycles. The largest absolute Gasteiger partial charge is 0.508 e. The van der Waals surface area contributed by atoms with Crippen LogP contribution < -0.4 is 5.32 Å². The number of rotatable bonds is 9. The van der Waals surface area contributed by atoms with Gasteiger partial charge >= 0.3 is 5.97 Å². The van der Waals surface area contributed by atoms with Gasteiger partial charge in [0.2, 0.25) is 5.82 Å². The van der Waals surface area contributed by atoms with Crippen molar-refractivity contribution >= 4 is 5.97 Å². The van der Waals surface area contributed by atoms with E-state index in [0.29, 0.717) is 24.0 Å². The Labute approximate surface area is 205 Å². The SMILES string of the molecule is C=CCN1CC(C)NCC1(C)c1c(O)cccc1Cc1ccc(-c2nnn(CCC(=O)O)n2)cc1. The number of nitrogens with zero attached hydrogens (tertiary/aromatic N) is 5. The van der Waals surface area contributed by atoms with Crippen LogP contribution in [-0.2, 0) is 23.3 Å². The zero-order valence-electron chi connectivity index (χ0n) is 20.2. The molecule has 1 aromatic heterocycles. The number of aliphatic carboxylic acids is 1. The van der Waals surface area contributed by atoms with E-state index >= 15 is 0 Å². The van der Waals surface area contributed by atoms with Gasteiger partial charge in [-0.3, -0.25) is 9.69 Å². The van der Waals surface area contributed by atoms with E-state index in [1.807, 2.05) is 36.4 Å². The first-order valence-electron chi connectivity index (χ1n) is 11.8. The van der Waals surface area contributed by atoms with Crippen LogP contribution in [0.15, 0.2) is 55.1 Å². The molecule has 9 heteroatoms. The topological polar surface area (TPSA) is 116 Å². The van der Waals surface area contributed by atoms with Gasteiger partial charge in [0.05, 0.1) is 18.5 Å². The van der Waals surface area contributed by atoms with Gasteiger partial charge in [-0.25, -0.2) is 0 Å². The quantitative estimate of drug-likeness (QED) is 0.404. The maximum Gasteiger partial charge on any atom is 0.305 e. The van der Waals surface area contributed by atoms with Crippen molar-refractivity contribution in [3.63, 3.8) is 0 Å². The van der Waals surface area contributed by atoms with E-state index in [1.54, 1.807) is 6.07 Å². The summed E-state index contributed by atoms with van der Waals surface area (Å²) in [6, 6.07) is 14.0. The fourth-order valence-electron chi connectivity index (χ4n) is 4.76. The molecule has 1 aliphatic heterocycles. The first-order chi connectivity index (χ1) is 16.8. The zero-order valence-corrected chi connectivity index (χ0v) is 20.2. The molecule has 0 bridgehead atoms. The molecule has 0 radical (unpaired) electrons. The van der Waals surface area contributed by atoms with Gasteiger partial charge in [0.1, 0.15) is 5.75 Å². The molecule has 3 aromatic rings. The molecule has 2 atom stereocenters. The van der Waals surface area contributed by atoms with Crippen LogP contribution in [0.3, 0.4) is 0 Å². The number of hydrogen-bond acceptors (Lipinski definition) is 7. The molecule has 0 amide bonds. The number of aryl methyl sites for hydroxylation is 1. The molecule has 1 aliphatic rings. The molecule has 1 saturated heterocycles. The fraction of sp³-hybridized carbons (Fsp3) is 0.385. The molecule has 2 aromatic carbocycles. The Hall–Kier alpha value is -3.56. The van der Waals surface area contributed by atoms with Crippen LogP contribution in [0.5, 0.6) is 5.75 Å². The van der Waals surface area contributed by atoms with Crippen molar-refractivity contribution in [1.29, 1.82) is 0 Å². The maximum absolute atomic E-state index is 11.0. The van der Waals surface area contributed by atoms with Crippen LogP contribution in [0.1, 0.15) is 37.0 Å². The first kappa shape index (κ1) is 24.6. The molecular weight excluding hydrogens is 444 g/mol. The van der Waals surface area contributed by atoms with Crippen LogP contribution >= 0.6 is 0 Å². The number of piperazine rings is 1. The van der Waals surface area contributed by atoms with E-state index in [9.17, 15) is 9.90 Å². The number of phenols is 1. The van der Waals surface area contributed by atoms with Gasteiger partial charge in [-0.05, 0) is 42.7 Å². The number of benzene rings is 2. The van der Waals surface area contributed by atoms with E-state index in [1.165, 1.54) is 4.80 Å². The molecule has 184 valence electrons. The van der Waals surface area contributed by atoms with Crippen molar-refractivity contribution in [2.75, 3.05) is 19.6 Å². The lowest BCUT2D eigenvalue weighted by atomic mass is 9.81. The Bertz CT molecular complexity index is 1190. The number of hydrogen-bond donors (Lipinski definition) is 3. The highest BCUT2D eigenvalue weighted by Gasteiger charge is 2.40. The summed E-state index contributed by atoms with van der Waals surface area (Å²) in [5.41, 5.74) is 3.53. The van der Waals surface area contributed by atoms with Crippen molar-refractivity contribution < 1.29 is 15.0 Å². The van der Waals surface area contributed by atoms with Crippen LogP contribution in [0.25, 0.3) is 11.4 Å². The average molecular weight is 477 g/mol. The highest BCUT2D eigenvalue weighted by molar-refractivity contribution is 5.66. The van der Waals surface area contributed by atoms with Gasteiger partial charge in [0, 0.05) is 36.8 Å². The number of phenolic OH excluding ortho intramolecular Hbond substituents is 1. The van der Waals surface area contributed by atoms with Crippen LogP contribution in [0.2, 0.25) is 0 Å². The summed E-state index contributed by atoms with van der Waals surface area (Å²) >= 11 is 0. The van der Waals surface area contributed by atoms with Crippen LogP contribution in [0, 0.1) is 0 Å². The number of aromatic nitrogens is 4. The highest BCUT2D eigenvalue weighted by atomic mass is 16.4. The van der Waals surface area contributed by atoms with Crippen molar-refractivity contribution in [2.45, 2.75) is 44.8 Å².